The molecule has 3 aromatic rings. The molecule has 146 valence electrons. The zero-order valence-corrected chi connectivity index (χ0v) is 17.0. The Morgan fingerprint density at radius 3 is 2.93 bits per heavy atom. The molecule has 0 N–H and O–H groups in total. The summed E-state index contributed by atoms with van der Waals surface area (Å²) in [4.78, 5) is 17.9. The number of fused-ring (bicyclic) bond motifs is 1. The molecule has 2 aromatic carbocycles. The third-order valence-corrected chi connectivity index (χ3v) is 6.37. The van der Waals surface area contributed by atoms with Gasteiger partial charge in [-0.2, -0.15) is 0 Å². The van der Waals surface area contributed by atoms with Crippen molar-refractivity contribution in [3.8, 4) is 0 Å². The maximum Gasteiger partial charge on any atom is 0.262 e. The van der Waals surface area contributed by atoms with E-state index in [9.17, 15) is 9.18 Å². The van der Waals surface area contributed by atoms with E-state index in [0.29, 0.717) is 22.6 Å². The smallest absolute Gasteiger partial charge is 0.262 e. The molecule has 2 atom stereocenters. The van der Waals surface area contributed by atoms with Gasteiger partial charge in [0.1, 0.15) is 5.82 Å². The zero-order valence-electron chi connectivity index (χ0n) is 15.4. The lowest BCUT2D eigenvalue weighted by molar-refractivity contribution is 0.0937. The van der Waals surface area contributed by atoms with Crippen molar-refractivity contribution in [3.05, 3.63) is 69.2 Å². The summed E-state index contributed by atoms with van der Waals surface area (Å²) < 4.78 is 21.0. The van der Waals surface area contributed by atoms with E-state index >= 15 is 0 Å². The van der Waals surface area contributed by atoms with Gasteiger partial charge >= 0.3 is 0 Å². The number of para-hydroxylation sites is 1. The van der Waals surface area contributed by atoms with Crippen LogP contribution in [0.3, 0.4) is 0 Å². The Balaban J connectivity index is 1.73. The van der Waals surface area contributed by atoms with Crippen molar-refractivity contribution in [2.45, 2.75) is 42.8 Å². The summed E-state index contributed by atoms with van der Waals surface area (Å²) in [5.41, 5.74) is 1.48. The minimum atomic E-state index is -0.443. The first kappa shape index (κ1) is 19.4. The lowest BCUT2D eigenvalue weighted by Gasteiger charge is -2.19. The Morgan fingerprint density at radius 1 is 1.36 bits per heavy atom. The number of hydrogen-bond donors (Lipinski definition) is 0. The fourth-order valence-corrected chi connectivity index (χ4v) is 4.61. The molecule has 0 spiro atoms. The lowest BCUT2D eigenvalue weighted by atomic mass is 10.2. The van der Waals surface area contributed by atoms with Crippen LogP contribution in [0.4, 0.5) is 4.39 Å². The number of benzene rings is 2. The molecular weight excluding hydrogens is 399 g/mol. The molecule has 0 radical (unpaired) electrons. The third-order valence-electron chi connectivity index (χ3n) is 4.93. The van der Waals surface area contributed by atoms with Gasteiger partial charge in [-0.15, -0.1) is 0 Å². The summed E-state index contributed by atoms with van der Waals surface area (Å²) in [5.74, 6) is -0.443. The largest absolute Gasteiger partial charge is 0.376 e. The zero-order chi connectivity index (χ0) is 19.7. The van der Waals surface area contributed by atoms with Gasteiger partial charge in [0.15, 0.2) is 5.16 Å². The van der Waals surface area contributed by atoms with Gasteiger partial charge < -0.3 is 4.74 Å². The lowest BCUT2D eigenvalue weighted by Crippen LogP contribution is -2.29. The second kappa shape index (κ2) is 8.23. The Labute approximate surface area is 171 Å². The molecule has 1 aliphatic rings. The van der Waals surface area contributed by atoms with Crippen molar-refractivity contribution >= 4 is 34.3 Å². The summed E-state index contributed by atoms with van der Waals surface area (Å²) in [6, 6.07) is 12.1. The molecule has 2 unspecified atom stereocenters. The quantitative estimate of drug-likeness (QED) is 0.421. The van der Waals surface area contributed by atoms with Crippen LogP contribution < -0.4 is 5.56 Å². The summed E-state index contributed by atoms with van der Waals surface area (Å²) in [7, 11) is 0. The second-order valence-electron chi connectivity index (χ2n) is 6.90. The van der Waals surface area contributed by atoms with Crippen molar-refractivity contribution in [2.24, 2.45) is 0 Å². The number of nitrogens with zero attached hydrogens (tertiary/aromatic N) is 2. The summed E-state index contributed by atoms with van der Waals surface area (Å²) in [6.45, 7) is 3.20. The van der Waals surface area contributed by atoms with Crippen molar-refractivity contribution in [1.29, 1.82) is 0 Å². The normalized spacial score (nSPS) is 17.9. The van der Waals surface area contributed by atoms with Crippen LogP contribution >= 0.6 is 23.4 Å². The minimum Gasteiger partial charge on any atom is -0.376 e. The Kier molecular flexibility index (Phi) is 5.71. The molecule has 0 aliphatic carbocycles. The molecule has 0 bridgehead atoms. The summed E-state index contributed by atoms with van der Waals surface area (Å²) in [6.07, 6.45) is 1.97. The summed E-state index contributed by atoms with van der Waals surface area (Å²) >= 11 is 7.40. The highest BCUT2D eigenvalue weighted by Crippen LogP contribution is 2.35. The van der Waals surface area contributed by atoms with Gasteiger partial charge in [-0.05, 0) is 49.6 Å². The number of rotatable bonds is 5. The van der Waals surface area contributed by atoms with Gasteiger partial charge in [0.25, 0.3) is 5.56 Å². The van der Waals surface area contributed by atoms with Gasteiger partial charge in [0.05, 0.1) is 28.6 Å². The molecule has 4 rings (SSSR count). The highest BCUT2D eigenvalue weighted by Gasteiger charge is 2.21. The predicted molar refractivity (Wildman–Crippen MR) is 111 cm³/mol. The molecular formula is C21H20ClFN2O2S. The fraction of sp³-hybridized carbons (Fsp3) is 0.333. The van der Waals surface area contributed by atoms with Gasteiger partial charge in [0, 0.05) is 11.9 Å². The van der Waals surface area contributed by atoms with Crippen LogP contribution in [0.2, 0.25) is 5.02 Å². The first-order valence-corrected chi connectivity index (χ1v) is 10.5. The van der Waals surface area contributed by atoms with Crippen LogP contribution in [0.1, 0.15) is 30.6 Å². The predicted octanol–water partition coefficient (Wildman–Crippen LogP) is 5.22. The SMILES string of the molecule is CC(Sc1nc2ccccc2c(=O)n1CC1CCCO1)c1ccc(F)c(Cl)c1. The number of halogens is 2. The number of aromatic nitrogens is 2. The molecule has 1 aromatic heterocycles. The van der Waals surface area contributed by atoms with Crippen molar-refractivity contribution in [2.75, 3.05) is 6.61 Å². The van der Waals surface area contributed by atoms with Crippen LogP contribution in [0.15, 0.2) is 52.4 Å². The van der Waals surface area contributed by atoms with Gasteiger partial charge in [-0.3, -0.25) is 9.36 Å². The van der Waals surface area contributed by atoms with E-state index in [1.54, 1.807) is 22.8 Å². The molecule has 1 saturated heterocycles. The van der Waals surface area contributed by atoms with Crippen LogP contribution in [0.5, 0.6) is 0 Å². The van der Waals surface area contributed by atoms with Gasteiger partial charge in [-0.25, -0.2) is 9.37 Å². The Morgan fingerprint density at radius 2 is 2.18 bits per heavy atom. The highest BCUT2D eigenvalue weighted by atomic mass is 35.5. The molecule has 2 heterocycles. The monoisotopic (exact) mass is 418 g/mol. The number of thioether (sulfide) groups is 1. The number of hydrogen-bond acceptors (Lipinski definition) is 4. The van der Waals surface area contributed by atoms with E-state index in [1.807, 2.05) is 25.1 Å². The van der Waals surface area contributed by atoms with Crippen LogP contribution in [0, 0.1) is 5.82 Å². The Hall–Kier alpha value is -1.89. The third kappa shape index (κ3) is 3.95. The highest BCUT2D eigenvalue weighted by molar-refractivity contribution is 7.99. The van der Waals surface area contributed by atoms with E-state index in [2.05, 4.69) is 0 Å². The van der Waals surface area contributed by atoms with E-state index in [1.165, 1.54) is 17.8 Å². The van der Waals surface area contributed by atoms with Crippen molar-refractivity contribution < 1.29 is 9.13 Å². The molecule has 1 fully saturated rings. The van der Waals surface area contributed by atoms with Gasteiger partial charge in [0.2, 0.25) is 0 Å². The average molecular weight is 419 g/mol. The van der Waals surface area contributed by atoms with Crippen LogP contribution in [-0.4, -0.2) is 22.3 Å². The maximum absolute atomic E-state index is 13.5. The first-order valence-electron chi connectivity index (χ1n) is 9.25. The second-order valence-corrected chi connectivity index (χ2v) is 8.61. The molecule has 0 amide bonds. The van der Waals surface area contributed by atoms with Crippen LogP contribution in [-0.2, 0) is 11.3 Å². The number of ether oxygens (including phenoxy) is 1. The van der Waals surface area contributed by atoms with E-state index in [-0.39, 0.29) is 21.9 Å². The van der Waals surface area contributed by atoms with Crippen molar-refractivity contribution in [1.82, 2.24) is 9.55 Å². The first-order chi connectivity index (χ1) is 13.5. The summed E-state index contributed by atoms with van der Waals surface area (Å²) in [5, 5.41) is 1.27. The van der Waals surface area contributed by atoms with E-state index in [4.69, 9.17) is 21.3 Å². The Bertz CT molecular complexity index is 1070. The van der Waals surface area contributed by atoms with E-state index < -0.39 is 5.82 Å². The molecule has 1 aliphatic heterocycles. The molecule has 0 saturated carbocycles. The molecule has 7 heteroatoms. The average Bonchev–Trinajstić information content (AvgIpc) is 3.20. The standard InChI is InChI=1S/C21H20ClFN2O2S/c1-13(14-8-9-18(23)17(22)11-14)28-21-24-19-7-3-2-6-16(19)20(26)25(21)12-15-5-4-10-27-15/h2-3,6-9,11,13,15H,4-5,10,12H2,1H3. The maximum atomic E-state index is 13.5. The fourth-order valence-electron chi connectivity index (χ4n) is 3.38. The van der Waals surface area contributed by atoms with E-state index in [0.717, 1.165) is 25.0 Å². The molecule has 28 heavy (non-hydrogen) atoms. The minimum absolute atomic E-state index is 0.0237. The molecule has 4 nitrogen and oxygen atoms in total. The topological polar surface area (TPSA) is 44.1 Å². The van der Waals surface area contributed by atoms with Crippen molar-refractivity contribution in [3.63, 3.8) is 0 Å². The van der Waals surface area contributed by atoms with Gasteiger partial charge in [-0.1, -0.05) is 41.6 Å². The van der Waals surface area contributed by atoms with Crippen LogP contribution in [0.25, 0.3) is 10.9 Å².